The molecule has 1 aliphatic rings. The molecule has 1 saturated heterocycles. The summed E-state index contributed by atoms with van der Waals surface area (Å²) in [6.45, 7) is 1.68. The number of nitrogens with zero attached hydrogens (tertiary/aromatic N) is 2. The van der Waals surface area contributed by atoms with E-state index < -0.39 is 40.0 Å². The monoisotopic (exact) mass is 488 g/mol. The topological polar surface area (TPSA) is 89.8 Å². The number of ether oxygens (including phenoxy) is 1. The van der Waals surface area contributed by atoms with E-state index in [2.05, 4.69) is 0 Å². The molecule has 2 unspecified atom stereocenters. The van der Waals surface area contributed by atoms with Crippen LogP contribution in [0.25, 0.3) is 0 Å². The Morgan fingerprint density at radius 3 is 2.44 bits per heavy atom. The van der Waals surface area contributed by atoms with Crippen molar-refractivity contribution in [1.82, 2.24) is 4.90 Å². The van der Waals surface area contributed by atoms with Gasteiger partial charge in [0.05, 0.1) is 27.7 Å². The lowest BCUT2D eigenvalue weighted by Crippen LogP contribution is -2.44. The number of amides is 1. The zero-order valence-corrected chi connectivity index (χ0v) is 18.0. The van der Waals surface area contributed by atoms with E-state index in [0.717, 1.165) is 24.3 Å². The first kappa shape index (κ1) is 23.9. The Labute approximate surface area is 189 Å². The van der Waals surface area contributed by atoms with E-state index in [9.17, 15) is 32.9 Å². The van der Waals surface area contributed by atoms with Crippen LogP contribution in [0.5, 0.6) is 0 Å². The normalized spacial score (nSPS) is 18.5. The van der Waals surface area contributed by atoms with E-state index in [-0.39, 0.29) is 28.6 Å². The summed E-state index contributed by atoms with van der Waals surface area (Å²) in [5.74, 6) is -1.21. The molecule has 1 heterocycles. The van der Waals surface area contributed by atoms with Gasteiger partial charge in [-0.05, 0) is 30.7 Å². The molecule has 2 aromatic rings. The van der Waals surface area contributed by atoms with Gasteiger partial charge < -0.3 is 9.64 Å². The molecule has 32 heavy (non-hydrogen) atoms. The Bertz CT molecular complexity index is 1050. The van der Waals surface area contributed by atoms with Crippen LogP contribution in [-0.4, -0.2) is 40.1 Å². The molecule has 2 aromatic carbocycles. The smallest absolute Gasteiger partial charge is 0.416 e. The van der Waals surface area contributed by atoms with Gasteiger partial charge in [0.25, 0.3) is 11.6 Å². The van der Waals surface area contributed by atoms with Crippen LogP contribution in [0, 0.1) is 10.1 Å². The van der Waals surface area contributed by atoms with Gasteiger partial charge in [0.2, 0.25) is 0 Å². The van der Waals surface area contributed by atoms with Gasteiger partial charge in [0.15, 0.2) is 0 Å². The summed E-state index contributed by atoms with van der Waals surface area (Å²) in [4.78, 5) is 37.3. The quantitative estimate of drug-likeness (QED) is 0.331. The first-order valence-electron chi connectivity index (χ1n) is 9.26. The maximum absolute atomic E-state index is 13.3. The van der Waals surface area contributed by atoms with Crippen molar-refractivity contribution in [1.29, 1.82) is 0 Å². The lowest BCUT2D eigenvalue weighted by Gasteiger charge is -2.29. The van der Waals surface area contributed by atoms with Gasteiger partial charge in [-0.15, -0.1) is 11.8 Å². The maximum atomic E-state index is 13.3. The molecule has 1 amide bonds. The van der Waals surface area contributed by atoms with Gasteiger partial charge in [-0.3, -0.25) is 14.9 Å². The molecule has 0 radical (unpaired) electrons. The molecule has 12 heteroatoms. The van der Waals surface area contributed by atoms with Crippen molar-refractivity contribution in [2.75, 3.05) is 12.4 Å². The summed E-state index contributed by atoms with van der Waals surface area (Å²) < 4.78 is 43.8. The van der Waals surface area contributed by atoms with Gasteiger partial charge >= 0.3 is 12.1 Å². The number of nitro groups is 1. The summed E-state index contributed by atoms with van der Waals surface area (Å²) >= 11 is 7.29. The second-order valence-electron chi connectivity index (χ2n) is 6.71. The highest BCUT2D eigenvalue weighted by Gasteiger charge is 2.44. The molecule has 7 nitrogen and oxygen atoms in total. The molecular formula is C20H16ClF3N2O5S. The fourth-order valence-corrected chi connectivity index (χ4v) is 4.87. The molecule has 0 aliphatic carbocycles. The second kappa shape index (κ2) is 9.37. The largest absolute Gasteiger partial charge is 0.464 e. The first-order chi connectivity index (χ1) is 15.0. The summed E-state index contributed by atoms with van der Waals surface area (Å²) in [5.41, 5.74) is -0.863. The zero-order chi connectivity index (χ0) is 23.6. The highest BCUT2D eigenvalue weighted by atomic mass is 35.5. The average molecular weight is 489 g/mol. The third-order valence-corrected chi connectivity index (χ3v) is 6.35. The third-order valence-electron chi connectivity index (χ3n) is 4.71. The van der Waals surface area contributed by atoms with Crippen LogP contribution in [0.15, 0.2) is 42.5 Å². The number of non-ortho nitro benzene ring substituents is 1. The molecule has 170 valence electrons. The Hall–Kier alpha value is -2.79. The van der Waals surface area contributed by atoms with E-state index in [1.165, 1.54) is 34.9 Å². The number of hydrogen-bond donors (Lipinski definition) is 0. The number of rotatable bonds is 5. The van der Waals surface area contributed by atoms with Crippen LogP contribution in [0.4, 0.5) is 18.9 Å². The molecule has 0 aromatic heterocycles. The number of nitro benzene ring substituents is 1. The van der Waals surface area contributed by atoms with Crippen molar-refractivity contribution < 1.29 is 32.4 Å². The lowest BCUT2D eigenvalue weighted by molar-refractivity contribution is -0.384. The van der Waals surface area contributed by atoms with Crippen LogP contribution in [0.2, 0.25) is 5.02 Å². The standard InChI is InChI=1S/C20H16ClF3N2O5S/c1-2-31-19(28)16-10-32-18(11-3-5-12(6-4-11)20(22,23)24)25(16)17(27)14-8-7-13(26(29)30)9-15(14)21/h3-9,16,18H,2,10H2,1H3. The summed E-state index contributed by atoms with van der Waals surface area (Å²) in [7, 11) is 0. The minimum Gasteiger partial charge on any atom is -0.464 e. The van der Waals surface area contributed by atoms with Gasteiger partial charge in [-0.1, -0.05) is 23.7 Å². The number of benzene rings is 2. The first-order valence-corrected chi connectivity index (χ1v) is 10.7. The molecule has 3 rings (SSSR count). The van der Waals surface area contributed by atoms with Crippen molar-refractivity contribution >= 4 is 40.9 Å². The number of thioether (sulfide) groups is 1. The van der Waals surface area contributed by atoms with Crippen LogP contribution < -0.4 is 0 Å². The number of carbonyl (C=O) groups excluding carboxylic acids is 2. The summed E-state index contributed by atoms with van der Waals surface area (Å²) in [5, 5.41) is 9.97. The fraction of sp³-hybridized carbons (Fsp3) is 0.300. The van der Waals surface area contributed by atoms with E-state index in [0.29, 0.717) is 5.56 Å². The number of carbonyl (C=O) groups is 2. The minimum absolute atomic E-state index is 0.0747. The second-order valence-corrected chi connectivity index (χ2v) is 8.23. The minimum atomic E-state index is -4.52. The predicted octanol–water partition coefficient (Wildman–Crippen LogP) is 5.09. The van der Waals surface area contributed by atoms with E-state index >= 15 is 0 Å². The number of hydrogen-bond acceptors (Lipinski definition) is 6. The van der Waals surface area contributed by atoms with Gasteiger partial charge in [0.1, 0.15) is 11.4 Å². The van der Waals surface area contributed by atoms with Crippen LogP contribution in [-0.2, 0) is 15.7 Å². The predicted molar refractivity (Wildman–Crippen MR) is 111 cm³/mol. The molecule has 2 atom stereocenters. The maximum Gasteiger partial charge on any atom is 0.416 e. The van der Waals surface area contributed by atoms with E-state index in [4.69, 9.17) is 16.3 Å². The molecule has 0 saturated carbocycles. The number of halogens is 4. The molecule has 0 N–H and O–H groups in total. The molecular weight excluding hydrogens is 473 g/mol. The number of esters is 1. The summed E-state index contributed by atoms with van der Waals surface area (Å²) in [6.07, 6.45) is -4.52. The Morgan fingerprint density at radius 1 is 1.25 bits per heavy atom. The molecule has 0 spiro atoms. The SMILES string of the molecule is CCOC(=O)C1CSC(c2ccc(C(F)(F)F)cc2)N1C(=O)c1ccc([N+](=O)[O-])cc1Cl. The number of alkyl halides is 3. The Morgan fingerprint density at radius 2 is 1.91 bits per heavy atom. The average Bonchev–Trinajstić information content (AvgIpc) is 3.18. The molecule has 1 fully saturated rings. The van der Waals surface area contributed by atoms with Crippen molar-refractivity contribution in [3.63, 3.8) is 0 Å². The highest BCUT2D eigenvalue weighted by molar-refractivity contribution is 7.99. The van der Waals surface area contributed by atoms with Gasteiger partial charge in [-0.25, -0.2) is 4.79 Å². The summed E-state index contributed by atoms with van der Waals surface area (Å²) in [6, 6.07) is 6.57. The van der Waals surface area contributed by atoms with Crippen LogP contribution in [0.1, 0.15) is 33.8 Å². The van der Waals surface area contributed by atoms with Crippen molar-refractivity contribution in [2.45, 2.75) is 24.5 Å². The third kappa shape index (κ3) is 4.83. The molecule has 1 aliphatic heterocycles. The van der Waals surface area contributed by atoms with Crippen LogP contribution in [0.3, 0.4) is 0 Å². The van der Waals surface area contributed by atoms with Crippen LogP contribution >= 0.6 is 23.4 Å². The lowest BCUT2D eigenvalue weighted by atomic mass is 10.1. The van der Waals surface area contributed by atoms with Crippen molar-refractivity contribution in [3.8, 4) is 0 Å². The Kier molecular flexibility index (Phi) is 6.99. The van der Waals surface area contributed by atoms with Crippen molar-refractivity contribution in [3.05, 3.63) is 74.3 Å². The van der Waals surface area contributed by atoms with Crippen molar-refractivity contribution in [2.24, 2.45) is 0 Å². The zero-order valence-electron chi connectivity index (χ0n) is 16.5. The van der Waals surface area contributed by atoms with E-state index in [1.807, 2.05) is 0 Å². The van der Waals surface area contributed by atoms with E-state index in [1.54, 1.807) is 6.92 Å². The van der Waals surface area contributed by atoms with Gasteiger partial charge in [-0.2, -0.15) is 13.2 Å². The molecule has 0 bridgehead atoms. The fourth-order valence-electron chi connectivity index (χ4n) is 3.20. The van der Waals surface area contributed by atoms with Gasteiger partial charge in [0, 0.05) is 17.9 Å². The Balaban J connectivity index is 2.00. The highest BCUT2D eigenvalue weighted by Crippen LogP contribution is 2.44.